The molecule has 0 unspecified atom stereocenters. The molecule has 1 rings (SSSR count). The molecule has 1 nitrogen and oxygen atoms in total. The predicted molar refractivity (Wildman–Crippen MR) is 49.4 cm³/mol. The van der Waals surface area contributed by atoms with Crippen LogP contribution in [0.15, 0.2) is 24.3 Å². The Bertz CT molecular complexity index is 241. The summed E-state index contributed by atoms with van der Waals surface area (Å²) in [6.45, 7) is 4.26. The van der Waals surface area contributed by atoms with Crippen LogP contribution in [0.5, 0.6) is 0 Å². The van der Waals surface area contributed by atoms with Gasteiger partial charge in [0.1, 0.15) is 6.61 Å². The summed E-state index contributed by atoms with van der Waals surface area (Å²) in [4.78, 5) is 0. The summed E-state index contributed by atoms with van der Waals surface area (Å²) in [5.74, 6) is 0.659. The summed E-state index contributed by atoms with van der Waals surface area (Å²) in [5, 5.41) is 10.6. The quantitative estimate of drug-likeness (QED) is 0.653. The molecule has 0 fully saturated rings. The Morgan fingerprint density at radius 3 is 2.50 bits per heavy atom. The van der Waals surface area contributed by atoms with E-state index < -0.39 is 0 Å². The summed E-state index contributed by atoms with van der Waals surface area (Å²) >= 11 is 0. The van der Waals surface area contributed by atoms with E-state index in [-0.39, 0.29) is 6.61 Å². The van der Waals surface area contributed by atoms with Crippen molar-refractivity contribution in [3.8, 4) is 0 Å². The molecule has 0 bridgehead atoms. The highest BCUT2D eigenvalue weighted by molar-refractivity contribution is 5.23. The number of benzene rings is 1. The molecule has 0 N–H and O–H groups in total. The van der Waals surface area contributed by atoms with E-state index in [0.29, 0.717) is 5.92 Å². The van der Waals surface area contributed by atoms with Crippen molar-refractivity contribution in [1.29, 1.82) is 0 Å². The van der Waals surface area contributed by atoms with E-state index in [1.54, 1.807) is 0 Å². The third-order valence-corrected chi connectivity index (χ3v) is 1.80. The van der Waals surface area contributed by atoms with Gasteiger partial charge in [-0.2, -0.15) is 0 Å². The molecule has 1 aromatic rings. The highest BCUT2D eigenvalue weighted by atomic mass is 16.3. The second-order valence-electron chi connectivity index (χ2n) is 3.56. The zero-order valence-electron chi connectivity index (χ0n) is 7.71. The molecule has 0 spiro atoms. The van der Waals surface area contributed by atoms with Crippen molar-refractivity contribution in [3.05, 3.63) is 35.4 Å². The highest BCUT2D eigenvalue weighted by Gasteiger charge is 1.98. The normalized spacial score (nSPS) is 10.7. The fourth-order valence-electron chi connectivity index (χ4n) is 1.32. The fourth-order valence-corrected chi connectivity index (χ4v) is 1.32. The van der Waals surface area contributed by atoms with Crippen LogP contribution in [0, 0.1) is 5.92 Å². The third-order valence-electron chi connectivity index (χ3n) is 1.80. The third kappa shape index (κ3) is 2.67. The van der Waals surface area contributed by atoms with Gasteiger partial charge in [0.2, 0.25) is 0 Å². The molecule has 0 saturated heterocycles. The second kappa shape index (κ2) is 4.27. The van der Waals surface area contributed by atoms with Crippen LogP contribution < -0.4 is 0 Å². The van der Waals surface area contributed by atoms with Crippen LogP contribution in [0.4, 0.5) is 0 Å². The van der Waals surface area contributed by atoms with Gasteiger partial charge in [-0.25, -0.2) is 5.11 Å². The van der Waals surface area contributed by atoms with E-state index in [4.69, 9.17) is 0 Å². The molecule has 1 heteroatoms. The molecule has 0 aliphatic heterocycles. The molecular formula is C11H15O. The van der Waals surface area contributed by atoms with Crippen molar-refractivity contribution in [2.45, 2.75) is 26.9 Å². The molecular weight excluding hydrogens is 148 g/mol. The SMILES string of the molecule is CC(C)Cc1cccc(C[O])c1. The van der Waals surface area contributed by atoms with Gasteiger partial charge >= 0.3 is 0 Å². The molecule has 0 aliphatic rings. The van der Waals surface area contributed by atoms with Gasteiger partial charge in [-0.3, -0.25) is 0 Å². The van der Waals surface area contributed by atoms with Crippen LogP contribution >= 0.6 is 0 Å². The minimum Gasteiger partial charge on any atom is -0.232 e. The van der Waals surface area contributed by atoms with Gasteiger partial charge < -0.3 is 0 Å². The van der Waals surface area contributed by atoms with Gasteiger partial charge in [0, 0.05) is 0 Å². The molecule has 0 amide bonds. The van der Waals surface area contributed by atoms with E-state index in [1.165, 1.54) is 5.56 Å². The fraction of sp³-hybridized carbons (Fsp3) is 0.455. The first-order valence-electron chi connectivity index (χ1n) is 4.38. The number of hydrogen-bond donors (Lipinski definition) is 0. The Morgan fingerprint density at radius 1 is 1.25 bits per heavy atom. The smallest absolute Gasteiger partial charge is 0.107 e. The van der Waals surface area contributed by atoms with Gasteiger partial charge in [-0.1, -0.05) is 38.1 Å². The van der Waals surface area contributed by atoms with Crippen LogP contribution in [0.3, 0.4) is 0 Å². The molecule has 1 aromatic carbocycles. The number of hydrogen-bond acceptors (Lipinski definition) is 0. The average molecular weight is 163 g/mol. The largest absolute Gasteiger partial charge is 0.232 e. The predicted octanol–water partition coefficient (Wildman–Crippen LogP) is 2.82. The Kier molecular flexibility index (Phi) is 3.30. The standard InChI is InChI=1S/C11H15O/c1-9(2)6-10-4-3-5-11(7-10)8-12/h3-5,7,9H,6,8H2,1-2H3. The molecule has 0 aromatic heterocycles. The Balaban J connectivity index is 2.72. The molecule has 0 heterocycles. The Hall–Kier alpha value is -0.820. The molecule has 0 aliphatic carbocycles. The molecule has 12 heavy (non-hydrogen) atoms. The van der Waals surface area contributed by atoms with Crippen molar-refractivity contribution in [1.82, 2.24) is 0 Å². The van der Waals surface area contributed by atoms with Crippen LogP contribution in [-0.4, -0.2) is 0 Å². The first-order chi connectivity index (χ1) is 5.72. The van der Waals surface area contributed by atoms with E-state index in [9.17, 15) is 5.11 Å². The summed E-state index contributed by atoms with van der Waals surface area (Å²) in [7, 11) is 0. The molecule has 0 saturated carbocycles. The van der Waals surface area contributed by atoms with Gasteiger partial charge in [0.25, 0.3) is 0 Å². The maximum atomic E-state index is 10.6. The zero-order chi connectivity index (χ0) is 8.97. The first-order valence-corrected chi connectivity index (χ1v) is 4.38. The summed E-state index contributed by atoms with van der Waals surface area (Å²) in [5.41, 5.74) is 2.17. The van der Waals surface area contributed by atoms with Gasteiger partial charge in [0.05, 0.1) is 0 Å². The lowest BCUT2D eigenvalue weighted by Gasteiger charge is -2.05. The van der Waals surface area contributed by atoms with Crippen molar-refractivity contribution in [3.63, 3.8) is 0 Å². The lowest BCUT2D eigenvalue weighted by Crippen LogP contribution is -1.94. The van der Waals surface area contributed by atoms with Crippen LogP contribution in [0.25, 0.3) is 0 Å². The minimum atomic E-state index is -0.105. The van der Waals surface area contributed by atoms with Crippen molar-refractivity contribution < 1.29 is 5.11 Å². The zero-order valence-corrected chi connectivity index (χ0v) is 7.71. The van der Waals surface area contributed by atoms with Crippen molar-refractivity contribution in [2.75, 3.05) is 0 Å². The monoisotopic (exact) mass is 163 g/mol. The van der Waals surface area contributed by atoms with Crippen LogP contribution in [-0.2, 0) is 18.1 Å². The Labute approximate surface area is 74.1 Å². The summed E-state index contributed by atoms with van der Waals surface area (Å²) < 4.78 is 0. The second-order valence-corrected chi connectivity index (χ2v) is 3.56. The van der Waals surface area contributed by atoms with Gasteiger partial charge in [-0.05, 0) is 23.5 Å². The van der Waals surface area contributed by atoms with E-state index in [2.05, 4.69) is 19.9 Å². The molecule has 0 atom stereocenters. The summed E-state index contributed by atoms with van der Waals surface area (Å²) in [6, 6.07) is 7.94. The van der Waals surface area contributed by atoms with Crippen molar-refractivity contribution in [2.24, 2.45) is 5.92 Å². The van der Waals surface area contributed by atoms with Gasteiger partial charge in [-0.15, -0.1) is 0 Å². The summed E-state index contributed by atoms with van der Waals surface area (Å²) in [6.07, 6.45) is 1.06. The molecule has 65 valence electrons. The maximum absolute atomic E-state index is 10.6. The lowest BCUT2D eigenvalue weighted by atomic mass is 10.0. The van der Waals surface area contributed by atoms with Crippen LogP contribution in [0.2, 0.25) is 0 Å². The highest BCUT2D eigenvalue weighted by Crippen LogP contribution is 2.10. The molecule has 1 radical (unpaired) electrons. The first kappa shape index (κ1) is 9.27. The van der Waals surface area contributed by atoms with E-state index in [0.717, 1.165) is 12.0 Å². The van der Waals surface area contributed by atoms with E-state index in [1.807, 2.05) is 18.2 Å². The minimum absolute atomic E-state index is 0.105. The van der Waals surface area contributed by atoms with E-state index >= 15 is 0 Å². The average Bonchev–Trinajstić information content (AvgIpc) is 2.03. The number of rotatable bonds is 3. The lowest BCUT2D eigenvalue weighted by molar-refractivity contribution is 0.177. The van der Waals surface area contributed by atoms with Gasteiger partial charge in [0.15, 0.2) is 0 Å². The van der Waals surface area contributed by atoms with Crippen molar-refractivity contribution >= 4 is 0 Å². The Morgan fingerprint density at radius 2 is 1.92 bits per heavy atom. The maximum Gasteiger partial charge on any atom is 0.107 e. The van der Waals surface area contributed by atoms with Crippen LogP contribution in [0.1, 0.15) is 25.0 Å². The topological polar surface area (TPSA) is 19.9 Å².